The predicted molar refractivity (Wildman–Crippen MR) is 351 cm³/mol. The van der Waals surface area contributed by atoms with Crippen LogP contribution < -0.4 is 30.1 Å². The summed E-state index contributed by atoms with van der Waals surface area (Å²) in [6.45, 7) is -2.84. The number of pyridine rings is 1. The van der Waals surface area contributed by atoms with Crippen molar-refractivity contribution in [3.63, 3.8) is 0 Å². The van der Waals surface area contributed by atoms with Crippen LogP contribution in [0.1, 0.15) is 22.0 Å². The maximum Gasteiger partial charge on any atom is 0.269 e. The molecule has 16 rings (SSSR count). The summed E-state index contributed by atoms with van der Waals surface area (Å²) in [5.41, 5.74) is 10.2. The van der Waals surface area contributed by atoms with Crippen LogP contribution in [-0.4, -0.2) is 22.2 Å². The van der Waals surface area contributed by atoms with Gasteiger partial charge in [-0.05, 0) is 126 Å². The molecule has 0 amide bonds. The molecule has 400 valence electrons. The number of ether oxygens (including phenoxy) is 1. The molecule has 1 aliphatic heterocycles. The van der Waals surface area contributed by atoms with Crippen LogP contribution in [0.2, 0.25) is 0 Å². The Bertz CT molecular complexity index is 5620. The molecule has 4 heterocycles. The van der Waals surface area contributed by atoms with E-state index in [1.165, 1.54) is 33.9 Å². The van der Waals surface area contributed by atoms with Gasteiger partial charge in [0.15, 0.2) is 8.07 Å². The van der Waals surface area contributed by atoms with E-state index in [0.29, 0.717) is 45.0 Å². The fourth-order valence-electron chi connectivity index (χ4n) is 12.9. The van der Waals surface area contributed by atoms with Gasteiger partial charge in [0.1, 0.15) is 17.3 Å². The third kappa shape index (κ3) is 8.21. The van der Waals surface area contributed by atoms with Crippen molar-refractivity contribution in [1.82, 2.24) is 14.1 Å². The average Bonchev–Trinajstić information content (AvgIpc) is 0.904. The molecule has 15 aromatic rings. The second-order valence-electron chi connectivity index (χ2n) is 21.1. The van der Waals surface area contributed by atoms with Crippen molar-refractivity contribution < 1.29 is 25.8 Å². The Balaban J connectivity index is 0.897. The van der Waals surface area contributed by atoms with Gasteiger partial charge in [-0.25, -0.2) is 4.98 Å². The molecule has 12 aromatic carbocycles. The number of aromatic nitrogens is 4. The van der Waals surface area contributed by atoms with E-state index in [9.17, 15) is 1.37 Å². The molecule has 0 bridgehead atoms. The van der Waals surface area contributed by atoms with Crippen LogP contribution in [0.15, 0.2) is 309 Å². The monoisotopic (exact) mass is 1110 g/mol. The van der Waals surface area contributed by atoms with E-state index >= 15 is 0 Å². The number of aryl methyl sites for hydroxylation is 1. The lowest BCUT2D eigenvalue weighted by Gasteiger charge is -2.34. The maximum absolute atomic E-state index is 9.29. The number of benzene rings is 12. The number of nitrogens with zero attached hydrogens (tertiary/aromatic N) is 4. The first-order valence-corrected chi connectivity index (χ1v) is 30.0. The molecular weight excluding hydrogens is 1050 g/mol. The molecule has 0 atom stereocenters. The number of rotatable bonds is 10. The van der Waals surface area contributed by atoms with Gasteiger partial charge in [-0.3, -0.25) is 13.7 Å². The van der Waals surface area contributed by atoms with Crippen molar-refractivity contribution in [2.45, 2.75) is 6.85 Å². The van der Waals surface area contributed by atoms with Gasteiger partial charge in [-0.15, -0.1) is 0 Å². The zero-order valence-corrected chi connectivity index (χ0v) is 46.4. The fraction of sp³-hybridized carbons (Fsp3) is 0.0127. The summed E-state index contributed by atoms with van der Waals surface area (Å²) in [5.74, 6) is 1.11. The van der Waals surface area contributed by atoms with Crippen LogP contribution in [0.25, 0.3) is 106 Å². The van der Waals surface area contributed by atoms with Crippen LogP contribution in [-0.2, 0) is 0 Å². The third-order valence-corrected chi connectivity index (χ3v) is 21.3. The molecule has 6 heteroatoms. The van der Waals surface area contributed by atoms with Crippen molar-refractivity contribution in [1.29, 1.82) is 0 Å². The molecule has 0 fully saturated rings. The lowest BCUT2D eigenvalue weighted by molar-refractivity contribution is -0.570. The van der Waals surface area contributed by atoms with E-state index in [-0.39, 0.29) is 46.7 Å². The van der Waals surface area contributed by atoms with E-state index in [2.05, 4.69) is 128 Å². The Morgan fingerprint density at radius 2 is 1.02 bits per heavy atom. The minimum absolute atomic E-state index is 0.110. The lowest BCUT2D eigenvalue weighted by Crippen LogP contribution is -2.74. The Hall–Kier alpha value is -10.9. The minimum Gasteiger partial charge on any atom is -0.458 e. The highest BCUT2D eigenvalue weighted by molar-refractivity contribution is 7.20. The molecule has 0 unspecified atom stereocenters. The van der Waals surface area contributed by atoms with E-state index in [1.54, 1.807) is 0 Å². The van der Waals surface area contributed by atoms with Crippen molar-refractivity contribution in [3.05, 3.63) is 321 Å². The lowest BCUT2D eigenvalue weighted by atomic mass is 9.88. The van der Waals surface area contributed by atoms with Gasteiger partial charge in [0.25, 0.3) is 6.33 Å². The zero-order chi connectivity index (χ0) is 66.8. The normalized spacial score (nSPS) is 14.0. The first-order chi connectivity index (χ1) is 47.0. The number of hydrogen-bond donors (Lipinski definition) is 0. The number of para-hydroxylation sites is 2. The number of imidazole rings is 1. The highest BCUT2D eigenvalue weighted by Crippen LogP contribution is 2.45. The SMILES string of the molecule is [2H]c1cc(-c2cccc3c2-[n+]2[c-]n(-c4cccc(Oc5ccc6c7cc([Si](c8ccccc8)(c8ccccc8)c8ccccc8)ccc7n(-c7cc(C([2H])([2H])[2H])c(-c8c([2H])c([2H])c([2H])c([2H])c8[2H])cn7)c6c5)c4)c4cccc(c42)-c2ccccc2-c2ccccc2-3)c([2H])c([2H])c1[2H]. The molecule has 0 saturated carbocycles. The summed E-state index contributed by atoms with van der Waals surface area (Å²) in [5, 5.41) is 6.26. The van der Waals surface area contributed by atoms with Crippen LogP contribution in [0.4, 0.5) is 0 Å². The third-order valence-electron chi connectivity index (χ3n) is 16.5. The molecule has 0 aliphatic carbocycles. The second-order valence-corrected chi connectivity index (χ2v) is 24.9. The molecule has 85 heavy (non-hydrogen) atoms. The highest BCUT2D eigenvalue weighted by Gasteiger charge is 2.42. The van der Waals surface area contributed by atoms with Crippen LogP contribution in [0, 0.1) is 13.2 Å². The Labute approximate surface area is 511 Å². The Morgan fingerprint density at radius 1 is 0.435 bits per heavy atom. The second kappa shape index (κ2) is 20.5. The van der Waals surface area contributed by atoms with Gasteiger partial charge >= 0.3 is 0 Å². The van der Waals surface area contributed by atoms with Gasteiger partial charge in [0.2, 0.25) is 0 Å². The van der Waals surface area contributed by atoms with Crippen LogP contribution in [0.5, 0.6) is 11.5 Å². The molecular formula is C79H54N4OSi. The standard InChI is InChI=1S/C79H54N4OSi/c1-54-48-77(80-52-73(54)56-26-9-3-10-27-56)83-74-47-45-63(85(60-30-11-4-12-31-60,61-32-13-5-14-33-61)62-34-15-6-16-35-62)51-72(74)69-46-44-59(50-76(69)83)84-58-29-21-28-57(49-58)81-53-82-78-64(55-24-7-2-8-25-55)40-22-41-70(78)67-38-19-17-36-65(67)66-37-18-20-39-68(66)71-42-23-43-75(81)79(71)82/h2-52H,1H3/i1D3,2D,3D,7D,8D,9D,10D,24D,26D,27D. The summed E-state index contributed by atoms with van der Waals surface area (Å²) in [4.78, 5) is 4.95. The molecule has 5 nitrogen and oxygen atoms in total. The van der Waals surface area contributed by atoms with Crippen molar-refractivity contribution in [2.24, 2.45) is 0 Å². The van der Waals surface area contributed by atoms with E-state index in [0.717, 1.165) is 60.4 Å². The highest BCUT2D eigenvalue weighted by atomic mass is 28.3. The number of hydrogen-bond acceptors (Lipinski definition) is 2. The summed E-state index contributed by atoms with van der Waals surface area (Å²) < 4.78 is 118. The van der Waals surface area contributed by atoms with E-state index in [1.807, 2.05) is 129 Å². The zero-order valence-electron chi connectivity index (χ0n) is 57.4. The molecule has 0 radical (unpaired) electrons. The van der Waals surface area contributed by atoms with Crippen molar-refractivity contribution >= 4 is 61.7 Å². The maximum atomic E-state index is 9.29. The van der Waals surface area contributed by atoms with Gasteiger partial charge in [-0.1, -0.05) is 255 Å². The number of fused-ring (bicyclic) bond motifs is 10. The van der Waals surface area contributed by atoms with Gasteiger partial charge in [0, 0.05) is 32.7 Å². The minimum atomic E-state index is -3.11. The largest absolute Gasteiger partial charge is 0.458 e. The van der Waals surface area contributed by atoms with Crippen molar-refractivity contribution in [2.75, 3.05) is 0 Å². The summed E-state index contributed by atoms with van der Waals surface area (Å²) in [6.07, 6.45) is 5.06. The summed E-state index contributed by atoms with van der Waals surface area (Å²) in [7, 11) is -3.11. The van der Waals surface area contributed by atoms with E-state index in [4.69, 9.17) is 24.8 Å². The topological polar surface area (TPSA) is 35.9 Å². The van der Waals surface area contributed by atoms with E-state index < -0.39 is 45.1 Å². The smallest absolute Gasteiger partial charge is 0.269 e. The van der Waals surface area contributed by atoms with Crippen LogP contribution >= 0.6 is 0 Å². The summed E-state index contributed by atoms with van der Waals surface area (Å²) in [6, 6.07) is 79.4. The quantitative estimate of drug-likeness (QED) is 0.0592. The van der Waals surface area contributed by atoms with Gasteiger partial charge in [0.05, 0.1) is 45.8 Å². The van der Waals surface area contributed by atoms with Crippen LogP contribution in [0.3, 0.4) is 0 Å². The first kappa shape index (κ1) is 38.7. The molecule has 0 N–H and O–H groups in total. The van der Waals surface area contributed by atoms with Gasteiger partial charge < -0.3 is 4.74 Å². The Kier molecular flexibility index (Phi) is 9.34. The average molecular weight is 1120 g/mol. The molecule has 3 aromatic heterocycles. The first-order valence-electron chi connectivity index (χ1n) is 34.0. The van der Waals surface area contributed by atoms with Crippen molar-refractivity contribution in [3.8, 4) is 84.3 Å². The summed E-state index contributed by atoms with van der Waals surface area (Å²) >= 11 is 0. The fourth-order valence-corrected chi connectivity index (χ4v) is 17.6. The predicted octanol–water partition coefficient (Wildman–Crippen LogP) is 16.3. The van der Waals surface area contributed by atoms with Gasteiger partial charge in [-0.2, -0.15) is 0 Å². The Morgan fingerprint density at radius 3 is 1.73 bits per heavy atom. The molecule has 0 spiro atoms. The molecule has 0 saturated heterocycles. The molecule has 1 aliphatic rings.